The van der Waals surface area contributed by atoms with Gasteiger partial charge in [-0.3, -0.25) is 0 Å². The molecule has 1 saturated heterocycles. The normalized spacial score (nSPS) is 28.5. The second-order valence-electron chi connectivity index (χ2n) is 4.02. The molecule has 0 aromatic carbocycles. The van der Waals surface area contributed by atoms with Crippen LogP contribution in [0.1, 0.15) is 5.56 Å². The lowest BCUT2D eigenvalue weighted by molar-refractivity contribution is -0.671. The number of aromatic nitrogens is 1. The molecule has 0 radical (unpaired) electrons. The van der Waals surface area contributed by atoms with Crippen molar-refractivity contribution in [2.24, 2.45) is 18.1 Å². The smallest absolute Gasteiger partial charge is 0.177 e. The molecule has 3 rings (SSSR count). The van der Waals surface area contributed by atoms with Crippen molar-refractivity contribution in [3.05, 3.63) is 30.1 Å². The maximum absolute atomic E-state index is 5.38. The molecule has 0 saturated carbocycles. The Kier molecular flexibility index (Phi) is 1.95. The van der Waals surface area contributed by atoms with Gasteiger partial charge in [-0.2, -0.15) is 0 Å². The summed E-state index contributed by atoms with van der Waals surface area (Å²) in [4.78, 5) is 5.34. The van der Waals surface area contributed by atoms with E-state index in [1.54, 1.807) is 0 Å². The van der Waals surface area contributed by atoms with Gasteiger partial charge in [-0.15, -0.1) is 0 Å². The average molecular weight is 205 g/mol. The minimum absolute atomic E-state index is 0.130. The van der Waals surface area contributed by atoms with Gasteiger partial charge in [0.05, 0.1) is 24.7 Å². The minimum atomic E-state index is 0.130. The SMILES string of the molecule is C[n+]1cccc(C2=NO[C@@H]3COC[C@H]23)c1. The highest BCUT2D eigenvalue weighted by Gasteiger charge is 2.40. The molecule has 0 bridgehead atoms. The Balaban J connectivity index is 1.94. The molecule has 0 spiro atoms. The zero-order valence-electron chi connectivity index (χ0n) is 8.59. The molecular weight excluding hydrogens is 192 g/mol. The lowest BCUT2D eigenvalue weighted by Gasteiger charge is -2.05. The van der Waals surface area contributed by atoms with E-state index >= 15 is 0 Å². The summed E-state index contributed by atoms with van der Waals surface area (Å²) in [6, 6.07) is 4.07. The fraction of sp³-hybridized carbons (Fsp3) is 0.455. The van der Waals surface area contributed by atoms with Gasteiger partial charge in [-0.25, -0.2) is 4.57 Å². The number of fused-ring (bicyclic) bond motifs is 1. The maximum atomic E-state index is 5.38. The number of nitrogens with zero attached hydrogens (tertiary/aromatic N) is 2. The fourth-order valence-electron chi connectivity index (χ4n) is 2.09. The van der Waals surface area contributed by atoms with Gasteiger partial charge >= 0.3 is 0 Å². The van der Waals surface area contributed by atoms with E-state index in [4.69, 9.17) is 9.57 Å². The summed E-state index contributed by atoms with van der Waals surface area (Å²) in [5, 5.41) is 4.15. The minimum Gasteiger partial charge on any atom is -0.389 e. The van der Waals surface area contributed by atoms with Gasteiger partial charge in [-0.05, 0) is 6.07 Å². The zero-order chi connectivity index (χ0) is 10.3. The van der Waals surface area contributed by atoms with Crippen LogP contribution >= 0.6 is 0 Å². The summed E-state index contributed by atoms with van der Waals surface area (Å²) in [7, 11) is 2.00. The molecule has 0 unspecified atom stereocenters. The quantitative estimate of drug-likeness (QED) is 0.616. The number of ether oxygens (including phenoxy) is 1. The Morgan fingerprint density at radius 1 is 1.47 bits per heavy atom. The average Bonchev–Trinajstić information content (AvgIpc) is 2.77. The lowest BCUT2D eigenvalue weighted by Crippen LogP contribution is -2.29. The van der Waals surface area contributed by atoms with E-state index < -0.39 is 0 Å². The topological polar surface area (TPSA) is 34.7 Å². The van der Waals surface area contributed by atoms with Crippen molar-refractivity contribution >= 4 is 5.71 Å². The molecule has 1 aromatic rings. The molecule has 15 heavy (non-hydrogen) atoms. The zero-order valence-corrected chi connectivity index (χ0v) is 8.59. The van der Waals surface area contributed by atoms with E-state index in [1.165, 1.54) is 0 Å². The molecule has 1 aromatic heterocycles. The standard InChI is InChI=1S/C11H13N2O2/c1-13-4-2-3-8(5-13)11-9-6-14-7-10(9)15-12-11/h2-5,9-10H,6-7H2,1H3/q+1/t9-,10+/m0/s1. The Labute approximate surface area is 88.1 Å². The van der Waals surface area contributed by atoms with Gasteiger partial charge in [-0.1, -0.05) is 5.16 Å². The maximum Gasteiger partial charge on any atom is 0.177 e. The van der Waals surface area contributed by atoms with Crippen LogP contribution in [-0.2, 0) is 16.6 Å². The van der Waals surface area contributed by atoms with Crippen LogP contribution in [0.4, 0.5) is 0 Å². The van der Waals surface area contributed by atoms with Gasteiger partial charge in [0.2, 0.25) is 0 Å². The van der Waals surface area contributed by atoms with Crippen LogP contribution in [0.15, 0.2) is 29.7 Å². The summed E-state index contributed by atoms with van der Waals surface area (Å²) >= 11 is 0. The number of hydrogen-bond acceptors (Lipinski definition) is 3. The first kappa shape index (κ1) is 8.85. The third-order valence-electron chi connectivity index (χ3n) is 2.90. The summed E-state index contributed by atoms with van der Waals surface area (Å²) in [6.45, 7) is 1.39. The summed E-state index contributed by atoms with van der Waals surface area (Å²) in [6.07, 6.45) is 4.19. The number of oxime groups is 1. The van der Waals surface area contributed by atoms with Gasteiger partial charge in [0.25, 0.3) is 0 Å². The van der Waals surface area contributed by atoms with Crippen LogP contribution in [0, 0.1) is 5.92 Å². The monoisotopic (exact) mass is 205 g/mol. The molecule has 2 aliphatic rings. The number of hydrogen-bond donors (Lipinski definition) is 0. The molecule has 0 N–H and O–H groups in total. The predicted octanol–water partition coefficient (Wildman–Crippen LogP) is 0.260. The molecule has 2 aliphatic heterocycles. The second kappa shape index (κ2) is 3.31. The van der Waals surface area contributed by atoms with Gasteiger partial charge in [0, 0.05) is 6.07 Å². The van der Waals surface area contributed by atoms with Crippen LogP contribution in [0.3, 0.4) is 0 Å². The van der Waals surface area contributed by atoms with Crippen LogP contribution in [0.25, 0.3) is 0 Å². The Bertz CT molecular complexity index is 417. The highest BCUT2D eigenvalue weighted by molar-refractivity contribution is 6.02. The van der Waals surface area contributed by atoms with E-state index in [2.05, 4.69) is 17.4 Å². The molecule has 1 fully saturated rings. The van der Waals surface area contributed by atoms with Crippen molar-refractivity contribution < 1.29 is 14.1 Å². The van der Waals surface area contributed by atoms with Crippen LogP contribution in [0.2, 0.25) is 0 Å². The highest BCUT2D eigenvalue weighted by Crippen LogP contribution is 2.27. The van der Waals surface area contributed by atoms with Gasteiger partial charge < -0.3 is 9.57 Å². The molecule has 4 nitrogen and oxygen atoms in total. The van der Waals surface area contributed by atoms with E-state index in [9.17, 15) is 0 Å². The molecule has 0 aliphatic carbocycles. The van der Waals surface area contributed by atoms with Crippen molar-refractivity contribution in [2.45, 2.75) is 6.10 Å². The first-order valence-corrected chi connectivity index (χ1v) is 5.12. The third-order valence-corrected chi connectivity index (χ3v) is 2.90. The first-order chi connectivity index (χ1) is 7.34. The Morgan fingerprint density at radius 2 is 2.40 bits per heavy atom. The third kappa shape index (κ3) is 1.41. The fourth-order valence-corrected chi connectivity index (χ4v) is 2.09. The predicted molar refractivity (Wildman–Crippen MR) is 53.3 cm³/mol. The summed E-state index contributed by atoms with van der Waals surface area (Å²) in [5.74, 6) is 0.312. The Morgan fingerprint density at radius 3 is 3.27 bits per heavy atom. The molecular formula is C11H13N2O2+. The molecule has 0 amide bonds. The first-order valence-electron chi connectivity index (χ1n) is 5.12. The molecule has 78 valence electrons. The van der Waals surface area contributed by atoms with Crippen LogP contribution in [-0.4, -0.2) is 25.0 Å². The van der Waals surface area contributed by atoms with Gasteiger partial charge in [0.1, 0.15) is 12.8 Å². The van der Waals surface area contributed by atoms with Gasteiger partial charge in [0.15, 0.2) is 18.5 Å². The summed E-state index contributed by atoms with van der Waals surface area (Å²) in [5.41, 5.74) is 2.15. The van der Waals surface area contributed by atoms with Crippen molar-refractivity contribution in [1.82, 2.24) is 0 Å². The molecule has 3 heterocycles. The summed E-state index contributed by atoms with van der Waals surface area (Å²) < 4.78 is 7.40. The van der Waals surface area contributed by atoms with Crippen molar-refractivity contribution in [3.8, 4) is 0 Å². The lowest BCUT2D eigenvalue weighted by atomic mass is 9.96. The largest absolute Gasteiger partial charge is 0.389 e. The van der Waals surface area contributed by atoms with Crippen LogP contribution < -0.4 is 4.57 Å². The van der Waals surface area contributed by atoms with Crippen LogP contribution in [0.5, 0.6) is 0 Å². The molecule has 2 atom stereocenters. The molecule has 4 heteroatoms. The van der Waals surface area contributed by atoms with E-state index in [0.29, 0.717) is 12.5 Å². The van der Waals surface area contributed by atoms with Crippen molar-refractivity contribution in [1.29, 1.82) is 0 Å². The van der Waals surface area contributed by atoms with Crippen molar-refractivity contribution in [3.63, 3.8) is 0 Å². The second-order valence-corrected chi connectivity index (χ2v) is 4.02. The van der Waals surface area contributed by atoms with E-state index in [-0.39, 0.29) is 6.10 Å². The number of rotatable bonds is 1. The highest BCUT2D eigenvalue weighted by atomic mass is 16.7. The van der Waals surface area contributed by atoms with Crippen molar-refractivity contribution in [2.75, 3.05) is 13.2 Å². The van der Waals surface area contributed by atoms with E-state index in [1.807, 2.05) is 23.9 Å². The number of pyridine rings is 1. The van der Waals surface area contributed by atoms with E-state index in [0.717, 1.165) is 17.9 Å². The Hall–Kier alpha value is -1.42. The number of aryl methyl sites for hydroxylation is 1.